The molecule has 1 aromatic rings. The molecule has 1 rings (SSSR count). The molecule has 0 radical (unpaired) electrons. The summed E-state index contributed by atoms with van der Waals surface area (Å²) in [6, 6.07) is 0.124. The molecule has 1 heterocycles. The predicted molar refractivity (Wildman–Crippen MR) is 68.2 cm³/mol. The quantitative estimate of drug-likeness (QED) is 0.789. The molecule has 0 atom stereocenters. The number of nitrogens with zero attached hydrogens (tertiary/aromatic N) is 3. The fourth-order valence-electron chi connectivity index (χ4n) is 1.51. The largest absolute Gasteiger partial charge is 0.242 e. The number of hydrogen-bond acceptors (Lipinski definition) is 2. The molecular formula is C10H16Cl3N3. The highest BCUT2D eigenvalue weighted by Crippen LogP contribution is 2.40. The Morgan fingerprint density at radius 2 is 1.75 bits per heavy atom. The van der Waals surface area contributed by atoms with Crippen LogP contribution in [-0.2, 0) is 10.2 Å². The van der Waals surface area contributed by atoms with Crippen LogP contribution in [0.25, 0.3) is 0 Å². The number of hydrogen-bond donors (Lipinski definition) is 0. The molecule has 3 nitrogen and oxygen atoms in total. The van der Waals surface area contributed by atoms with Crippen LogP contribution in [0.1, 0.15) is 45.1 Å². The highest BCUT2D eigenvalue weighted by atomic mass is 35.6. The summed E-state index contributed by atoms with van der Waals surface area (Å²) in [6.45, 7) is 8.15. The second-order valence-corrected chi connectivity index (χ2v) is 6.80. The van der Waals surface area contributed by atoms with E-state index in [1.165, 1.54) is 0 Å². The van der Waals surface area contributed by atoms with E-state index in [4.69, 9.17) is 34.8 Å². The first-order valence-electron chi connectivity index (χ1n) is 5.24. The topological polar surface area (TPSA) is 30.7 Å². The van der Waals surface area contributed by atoms with Crippen LogP contribution in [-0.4, -0.2) is 15.0 Å². The van der Waals surface area contributed by atoms with Crippen LogP contribution in [0.3, 0.4) is 0 Å². The molecule has 0 aliphatic rings. The molecule has 0 N–H and O–H groups in total. The Bertz CT molecular complexity index is 353. The lowest BCUT2D eigenvalue weighted by molar-refractivity contribution is 0.496. The molecule has 0 saturated carbocycles. The van der Waals surface area contributed by atoms with Crippen LogP contribution in [0.2, 0.25) is 0 Å². The van der Waals surface area contributed by atoms with E-state index in [0.717, 1.165) is 12.1 Å². The highest BCUT2D eigenvalue weighted by molar-refractivity contribution is 6.66. The minimum atomic E-state index is -1.47. The normalized spacial score (nSPS) is 12.8. The maximum atomic E-state index is 5.97. The Morgan fingerprint density at radius 3 is 2.12 bits per heavy atom. The van der Waals surface area contributed by atoms with Gasteiger partial charge in [0.05, 0.1) is 5.69 Å². The van der Waals surface area contributed by atoms with Gasteiger partial charge in [-0.05, 0) is 26.2 Å². The van der Waals surface area contributed by atoms with Crippen molar-refractivity contribution in [1.29, 1.82) is 0 Å². The van der Waals surface area contributed by atoms with Gasteiger partial charge in [-0.2, -0.15) is 0 Å². The van der Waals surface area contributed by atoms with Crippen LogP contribution < -0.4 is 0 Å². The average Bonchev–Trinajstić information content (AvgIpc) is 2.45. The summed E-state index contributed by atoms with van der Waals surface area (Å²) >= 11 is 17.9. The average molecular weight is 285 g/mol. The van der Waals surface area contributed by atoms with E-state index in [2.05, 4.69) is 24.2 Å². The third kappa shape index (κ3) is 3.25. The van der Waals surface area contributed by atoms with Crippen molar-refractivity contribution in [2.75, 3.05) is 0 Å². The van der Waals surface area contributed by atoms with Crippen molar-refractivity contribution >= 4 is 34.8 Å². The van der Waals surface area contributed by atoms with Gasteiger partial charge in [0.1, 0.15) is 5.69 Å². The summed E-state index contributed by atoms with van der Waals surface area (Å²) in [4.78, 5) is 0. The number of aromatic nitrogens is 3. The summed E-state index contributed by atoms with van der Waals surface area (Å²) in [5.74, 6) is 0.448. The molecule has 0 aliphatic carbocycles. The van der Waals surface area contributed by atoms with Crippen LogP contribution in [0.5, 0.6) is 0 Å². The zero-order chi connectivity index (χ0) is 12.5. The maximum absolute atomic E-state index is 5.97. The van der Waals surface area contributed by atoms with Crippen LogP contribution in [0.15, 0.2) is 0 Å². The molecule has 0 fully saturated rings. The van der Waals surface area contributed by atoms with Gasteiger partial charge in [0.25, 0.3) is 0 Å². The number of alkyl halides is 3. The van der Waals surface area contributed by atoms with Gasteiger partial charge in [-0.3, -0.25) is 0 Å². The summed E-state index contributed by atoms with van der Waals surface area (Å²) in [6.07, 6.45) is 0.760. The minimum Gasteiger partial charge on any atom is -0.242 e. The molecule has 0 amide bonds. The van der Waals surface area contributed by atoms with Gasteiger partial charge in [-0.15, -0.1) is 5.10 Å². The first-order chi connectivity index (χ1) is 7.23. The molecule has 0 aliphatic heterocycles. The molecule has 0 saturated heterocycles. The Kier molecular flexibility index (Phi) is 4.49. The van der Waals surface area contributed by atoms with Crippen LogP contribution in [0.4, 0.5) is 0 Å². The van der Waals surface area contributed by atoms with Gasteiger partial charge in [0, 0.05) is 6.04 Å². The van der Waals surface area contributed by atoms with Gasteiger partial charge in [0.15, 0.2) is 0 Å². The summed E-state index contributed by atoms with van der Waals surface area (Å²) in [5, 5.41) is 8.15. The Morgan fingerprint density at radius 1 is 1.19 bits per heavy atom. The molecule has 0 unspecified atom stereocenters. The third-order valence-electron chi connectivity index (χ3n) is 2.12. The van der Waals surface area contributed by atoms with Crippen molar-refractivity contribution in [1.82, 2.24) is 15.0 Å². The lowest BCUT2D eigenvalue weighted by Gasteiger charge is -2.17. The van der Waals surface area contributed by atoms with Crippen molar-refractivity contribution in [2.24, 2.45) is 5.92 Å². The lowest BCUT2D eigenvalue weighted by atomic mass is 10.1. The van der Waals surface area contributed by atoms with Crippen molar-refractivity contribution in [2.45, 2.75) is 44.0 Å². The zero-order valence-corrected chi connectivity index (χ0v) is 12.1. The molecule has 0 bridgehead atoms. The maximum Gasteiger partial charge on any atom is 0.234 e. The summed E-state index contributed by atoms with van der Waals surface area (Å²) < 4.78 is 0.197. The summed E-state index contributed by atoms with van der Waals surface area (Å²) in [7, 11) is 0. The zero-order valence-electron chi connectivity index (χ0n) is 9.84. The van der Waals surface area contributed by atoms with Crippen molar-refractivity contribution < 1.29 is 0 Å². The van der Waals surface area contributed by atoms with E-state index in [-0.39, 0.29) is 6.04 Å². The molecule has 1 aromatic heterocycles. The lowest BCUT2D eigenvalue weighted by Crippen LogP contribution is -2.16. The number of halogens is 3. The first-order valence-corrected chi connectivity index (χ1v) is 6.38. The Balaban J connectivity index is 3.20. The second-order valence-electron chi connectivity index (χ2n) is 4.52. The fraction of sp³-hybridized carbons (Fsp3) is 0.800. The second kappa shape index (κ2) is 5.11. The van der Waals surface area contributed by atoms with Gasteiger partial charge in [-0.25, -0.2) is 4.68 Å². The first kappa shape index (κ1) is 14.1. The van der Waals surface area contributed by atoms with Crippen LogP contribution in [0, 0.1) is 5.92 Å². The van der Waals surface area contributed by atoms with E-state index in [0.29, 0.717) is 11.6 Å². The Labute approximate surface area is 111 Å². The minimum absolute atomic E-state index is 0.124. The van der Waals surface area contributed by atoms with Crippen molar-refractivity contribution in [3.63, 3.8) is 0 Å². The smallest absolute Gasteiger partial charge is 0.234 e. The predicted octanol–water partition coefficient (Wildman–Crippen LogP) is 3.88. The van der Waals surface area contributed by atoms with Gasteiger partial charge >= 0.3 is 0 Å². The fourth-order valence-corrected chi connectivity index (χ4v) is 2.09. The van der Waals surface area contributed by atoms with E-state index in [1.54, 1.807) is 4.68 Å². The molecule has 92 valence electrons. The number of rotatable bonds is 3. The van der Waals surface area contributed by atoms with Gasteiger partial charge < -0.3 is 0 Å². The third-order valence-corrected chi connectivity index (χ3v) is 2.66. The highest BCUT2D eigenvalue weighted by Gasteiger charge is 2.33. The molecule has 0 aromatic carbocycles. The van der Waals surface area contributed by atoms with E-state index in [1.807, 2.05) is 13.8 Å². The standard InChI is InChI=1S/C10H16Cl3N3/c1-6(2)5-8-9(10(11,12)13)16(7(3)4)15-14-8/h6-7H,5H2,1-4H3. The van der Waals surface area contributed by atoms with E-state index >= 15 is 0 Å². The van der Waals surface area contributed by atoms with E-state index in [9.17, 15) is 0 Å². The van der Waals surface area contributed by atoms with Crippen molar-refractivity contribution in [3.05, 3.63) is 11.4 Å². The van der Waals surface area contributed by atoms with Gasteiger partial charge in [0.2, 0.25) is 3.79 Å². The summed E-state index contributed by atoms with van der Waals surface area (Å²) in [5.41, 5.74) is 1.35. The molecular weight excluding hydrogens is 268 g/mol. The molecule has 6 heteroatoms. The molecule has 16 heavy (non-hydrogen) atoms. The van der Waals surface area contributed by atoms with Gasteiger partial charge in [-0.1, -0.05) is 53.9 Å². The Hall–Kier alpha value is 0.01000. The molecule has 0 spiro atoms. The SMILES string of the molecule is CC(C)Cc1nnn(C(C)C)c1C(Cl)(Cl)Cl. The van der Waals surface area contributed by atoms with Crippen molar-refractivity contribution in [3.8, 4) is 0 Å². The monoisotopic (exact) mass is 283 g/mol. The van der Waals surface area contributed by atoms with Crippen LogP contribution >= 0.6 is 34.8 Å². The van der Waals surface area contributed by atoms with E-state index < -0.39 is 3.79 Å².